The van der Waals surface area contributed by atoms with Gasteiger partial charge < -0.3 is 10.1 Å². The fraction of sp³-hybridized carbons (Fsp3) is 0.350. The van der Waals surface area contributed by atoms with Crippen LogP contribution in [0, 0.1) is 13.8 Å². The molecule has 7 heteroatoms. The van der Waals surface area contributed by atoms with Crippen molar-refractivity contribution in [2.45, 2.75) is 33.6 Å². The lowest BCUT2D eigenvalue weighted by atomic mass is 10.1. The number of aromatic nitrogens is 3. The molecule has 0 atom stereocenters. The fourth-order valence-corrected chi connectivity index (χ4v) is 3.54. The minimum absolute atomic E-state index is 0.0848. The van der Waals surface area contributed by atoms with Gasteiger partial charge in [0.1, 0.15) is 5.75 Å². The van der Waals surface area contributed by atoms with Crippen LogP contribution in [0.2, 0.25) is 0 Å². The number of nitrogens with one attached hydrogen (secondary N) is 1. The van der Waals surface area contributed by atoms with E-state index in [9.17, 15) is 4.79 Å². The standard InChI is InChI=1S/C20H24N4O2S/c1-5-10-26-16-8-6-15(7-9-16)18-12-27-20(21-18)22-19(25)11-17-13(2)23-24(4)14(17)3/h6-9,12H,5,10-11H2,1-4H3,(H,21,22,25). The van der Waals surface area contributed by atoms with E-state index in [1.807, 2.05) is 50.5 Å². The largest absolute Gasteiger partial charge is 0.494 e. The van der Waals surface area contributed by atoms with E-state index in [1.165, 1.54) is 11.3 Å². The number of aryl methyl sites for hydroxylation is 2. The van der Waals surface area contributed by atoms with E-state index in [0.717, 1.165) is 40.4 Å². The monoisotopic (exact) mass is 384 g/mol. The third-order valence-electron chi connectivity index (χ3n) is 4.37. The quantitative estimate of drug-likeness (QED) is 0.665. The summed E-state index contributed by atoms with van der Waals surface area (Å²) in [6, 6.07) is 7.84. The van der Waals surface area contributed by atoms with E-state index in [4.69, 9.17) is 4.74 Å². The summed E-state index contributed by atoms with van der Waals surface area (Å²) in [5, 5.41) is 9.78. The van der Waals surface area contributed by atoms with E-state index in [1.54, 1.807) is 4.68 Å². The van der Waals surface area contributed by atoms with Gasteiger partial charge in [0.2, 0.25) is 5.91 Å². The molecule has 2 aromatic heterocycles. The molecular formula is C20H24N4O2S. The highest BCUT2D eigenvalue weighted by molar-refractivity contribution is 7.14. The van der Waals surface area contributed by atoms with Gasteiger partial charge in [0.05, 0.1) is 24.4 Å². The second-order valence-corrected chi connectivity index (χ2v) is 7.27. The lowest BCUT2D eigenvalue weighted by Crippen LogP contribution is -2.15. The zero-order valence-corrected chi connectivity index (χ0v) is 16.9. The van der Waals surface area contributed by atoms with Crippen LogP contribution in [0.5, 0.6) is 5.75 Å². The summed E-state index contributed by atoms with van der Waals surface area (Å²) in [6.07, 6.45) is 1.28. The Hall–Kier alpha value is -2.67. The third kappa shape index (κ3) is 4.54. The van der Waals surface area contributed by atoms with E-state index in [0.29, 0.717) is 18.2 Å². The first-order chi connectivity index (χ1) is 13.0. The fourth-order valence-electron chi connectivity index (χ4n) is 2.80. The summed E-state index contributed by atoms with van der Waals surface area (Å²) in [6.45, 7) is 6.68. The van der Waals surface area contributed by atoms with E-state index in [2.05, 4.69) is 22.3 Å². The van der Waals surface area contributed by atoms with E-state index in [-0.39, 0.29) is 5.91 Å². The first kappa shape index (κ1) is 19.1. The van der Waals surface area contributed by atoms with Crippen molar-refractivity contribution in [1.29, 1.82) is 0 Å². The van der Waals surface area contributed by atoms with E-state index < -0.39 is 0 Å². The van der Waals surface area contributed by atoms with Crippen molar-refractivity contribution in [3.63, 3.8) is 0 Å². The molecular weight excluding hydrogens is 360 g/mol. The van der Waals surface area contributed by atoms with Crippen LogP contribution in [0.25, 0.3) is 11.3 Å². The number of hydrogen-bond donors (Lipinski definition) is 1. The lowest BCUT2D eigenvalue weighted by molar-refractivity contribution is -0.115. The number of nitrogens with zero attached hydrogens (tertiary/aromatic N) is 3. The summed E-state index contributed by atoms with van der Waals surface area (Å²) in [7, 11) is 1.88. The molecule has 27 heavy (non-hydrogen) atoms. The Morgan fingerprint density at radius 3 is 2.63 bits per heavy atom. The molecule has 1 N–H and O–H groups in total. The Labute approximate surface area is 163 Å². The van der Waals surface area contributed by atoms with Crippen LogP contribution in [0.15, 0.2) is 29.6 Å². The highest BCUT2D eigenvalue weighted by atomic mass is 32.1. The van der Waals surface area contributed by atoms with Crippen molar-refractivity contribution in [3.05, 3.63) is 46.6 Å². The van der Waals surface area contributed by atoms with Crippen LogP contribution in [0.3, 0.4) is 0 Å². The lowest BCUT2D eigenvalue weighted by Gasteiger charge is -2.05. The molecule has 0 spiro atoms. The Balaban J connectivity index is 1.64. The number of rotatable bonds is 7. The molecule has 3 rings (SSSR count). The van der Waals surface area contributed by atoms with Crippen LogP contribution in [-0.2, 0) is 18.3 Å². The average molecular weight is 385 g/mol. The minimum atomic E-state index is -0.0848. The molecule has 1 amide bonds. The molecule has 0 aliphatic rings. The molecule has 6 nitrogen and oxygen atoms in total. The third-order valence-corrected chi connectivity index (χ3v) is 5.13. The highest BCUT2D eigenvalue weighted by Crippen LogP contribution is 2.27. The Morgan fingerprint density at radius 2 is 2.00 bits per heavy atom. The number of ether oxygens (including phenoxy) is 1. The van der Waals surface area contributed by atoms with Gasteiger partial charge in [0.15, 0.2) is 5.13 Å². The van der Waals surface area contributed by atoms with Gasteiger partial charge in [0, 0.05) is 29.2 Å². The van der Waals surface area contributed by atoms with Crippen molar-refractivity contribution in [2.75, 3.05) is 11.9 Å². The number of amides is 1. The SMILES string of the molecule is CCCOc1ccc(-c2csc(NC(=O)Cc3c(C)nn(C)c3C)n2)cc1. The Kier molecular flexibility index (Phi) is 5.91. The number of carbonyl (C=O) groups is 1. The molecule has 3 aromatic rings. The molecule has 0 saturated heterocycles. The van der Waals surface area contributed by atoms with Gasteiger partial charge in [-0.2, -0.15) is 5.10 Å². The number of anilines is 1. The molecule has 0 aliphatic carbocycles. The predicted molar refractivity (Wildman–Crippen MR) is 108 cm³/mol. The average Bonchev–Trinajstić information content (AvgIpc) is 3.20. The first-order valence-corrected chi connectivity index (χ1v) is 9.83. The molecule has 0 radical (unpaired) electrons. The van der Waals surface area contributed by atoms with Gasteiger partial charge >= 0.3 is 0 Å². The maximum absolute atomic E-state index is 12.4. The second-order valence-electron chi connectivity index (χ2n) is 6.41. The normalized spacial score (nSPS) is 10.8. The highest BCUT2D eigenvalue weighted by Gasteiger charge is 2.15. The Morgan fingerprint density at radius 1 is 1.26 bits per heavy atom. The van der Waals surface area contributed by atoms with E-state index >= 15 is 0 Å². The van der Waals surface area contributed by atoms with Crippen molar-refractivity contribution >= 4 is 22.4 Å². The van der Waals surface area contributed by atoms with Crippen molar-refractivity contribution in [3.8, 4) is 17.0 Å². The zero-order chi connectivity index (χ0) is 19.4. The van der Waals surface area contributed by atoms with Gasteiger partial charge in [-0.3, -0.25) is 9.48 Å². The van der Waals surface area contributed by atoms with Gasteiger partial charge in [-0.25, -0.2) is 4.98 Å². The van der Waals surface area contributed by atoms with Crippen LogP contribution >= 0.6 is 11.3 Å². The van der Waals surface area contributed by atoms with Gasteiger partial charge in [0.25, 0.3) is 0 Å². The van der Waals surface area contributed by atoms with Gasteiger partial charge in [-0.1, -0.05) is 6.92 Å². The zero-order valence-electron chi connectivity index (χ0n) is 16.1. The molecule has 2 heterocycles. The maximum atomic E-state index is 12.4. The topological polar surface area (TPSA) is 69.0 Å². The predicted octanol–water partition coefficient (Wildman–Crippen LogP) is 4.13. The number of carbonyl (C=O) groups excluding carboxylic acids is 1. The summed E-state index contributed by atoms with van der Waals surface area (Å²) >= 11 is 1.42. The Bertz CT molecular complexity index is 928. The summed E-state index contributed by atoms with van der Waals surface area (Å²) in [5.41, 5.74) is 4.69. The molecule has 1 aromatic carbocycles. The van der Waals surface area contributed by atoms with Crippen LogP contribution in [0.4, 0.5) is 5.13 Å². The molecule has 0 aliphatic heterocycles. The van der Waals surface area contributed by atoms with Crippen molar-refractivity contribution in [1.82, 2.24) is 14.8 Å². The van der Waals surface area contributed by atoms with Gasteiger partial charge in [-0.05, 0) is 44.5 Å². The molecule has 142 valence electrons. The van der Waals surface area contributed by atoms with Gasteiger partial charge in [-0.15, -0.1) is 11.3 Å². The smallest absolute Gasteiger partial charge is 0.230 e. The second kappa shape index (κ2) is 8.35. The number of hydrogen-bond acceptors (Lipinski definition) is 5. The summed E-state index contributed by atoms with van der Waals surface area (Å²) in [4.78, 5) is 16.9. The molecule has 0 bridgehead atoms. The van der Waals surface area contributed by atoms with Crippen LogP contribution in [-0.4, -0.2) is 27.3 Å². The number of benzene rings is 1. The molecule has 0 unspecified atom stereocenters. The maximum Gasteiger partial charge on any atom is 0.230 e. The van der Waals surface area contributed by atoms with Crippen LogP contribution < -0.4 is 10.1 Å². The number of thiazole rings is 1. The van der Waals surface area contributed by atoms with Crippen molar-refractivity contribution in [2.24, 2.45) is 7.05 Å². The summed E-state index contributed by atoms with van der Waals surface area (Å²) in [5.74, 6) is 0.768. The molecule has 0 saturated carbocycles. The van der Waals surface area contributed by atoms with Crippen molar-refractivity contribution < 1.29 is 9.53 Å². The first-order valence-electron chi connectivity index (χ1n) is 8.95. The molecule has 0 fully saturated rings. The minimum Gasteiger partial charge on any atom is -0.494 e. The summed E-state index contributed by atoms with van der Waals surface area (Å²) < 4.78 is 7.40. The van der Waals surface area contributed by atoms with Crippen LogP contribution in [0.1, 0.15) is 30.3 Å².